The summed E-state index contributed by atoms with van der Waals surface area (Å²) < 4.78 is 0. The molecule has 2 aliphatic carbocycles. The summed E-state index contributed by atoms with van der Waals surface area (Å²) in [5.74, 6) is 2.93. The first-order valence-electron chi connectivity index (χ1n) is 4.97. The first kappa shape index (κ1) is 7.39. The molecule has 0 aromatic heterocycles. The van der Waals surface area contributed by atoms with E-state index in [9.17, 15) is 0 Å². The van der Waals surface area contributed by atoms with Gasteiger partial charge in [0.1, 0.15) is 0 Å². The maximum atomic E-state index is 2.45. The van der Waals surface area contributed by atoms with Crippen molar-refractivity contribution >= 4 is 0 Å². The minimum Gasteiger partial charge on any atom is -0.0775 e. The van der Waals surface area contributed by atoms with Gasteiger partial charge < -0.3 is 0 Å². The summed E-state index contributed by atoms with van der Waals surface area (Å²) in [5.41, 5.74) is 1.66. The molecular formula is C11H18. The molecule has 11 heavy (non-hydrogen) atoms. The van der Waals surface area contributed by atoms with Crippen molar-refractivity contribution in [2.24, 2.45) is 17.8 Å². The Morgan fingerprint density at radius 2 is 1.91 bits per heavy atom. The SMILES string of the molecule is CC1=C[C@@H]1[C@H]1CCCC[C@H]1C. The van der Waals surface area contributed by atoms with Gasteiger partial charge in [0.25, 0.3) is 0 Å². The fourth-order valence-corrected chi connectivity index (χ4v) is 2.57. The molecule has 0 aliphatic heterocycles. The highest BCUT2D eigenvalue weighted by Gasteiger charge is 2.34. The third-order valence-electron chi connectivity index (χ3n) is 3.50. The lowest BCUT2D eigenvalue weighted by atomic mass is 9.76. The highest BCUT2D eigenvalue weighted by atomic mass is 14.4. The lowest BCUT2D eigenvalue weighted by molar-refractivity contribution is 0.235. The van der Waals surface area contributed by atoms with Crippen LogP contribution in [0.5, 0.6) is 0 Å². The molecule has 0 unspecified atom stereocenters. The van der Waals surface area contributed by atoms with Gasteiger partial charge in [-0.2, -0.15) is 0 Å². The second kappa shape index (κ2) is 2.66. The van der Waals surface area contributed by atoms with Gasteiger partial charge in [0.05, 0.1) is 0 Å². The molecule has 0 heterocycles. The van der Waals surface area contributed by atoms with Crippen LogP contribution in [0.3, 0.4) is 0 Å². The molecule has 0 aromatic carbocycles. The van der Waals surface area contributed by atoms with Crippen molar-refractivity contribution in [2.45, 2.75) is 39.5 Å². The molecule has 0 amide bonds. The van der Waals surface area contributed by atoms with Crippen molar-refractivity contribution in [1.82, 2.24) is 0 Å². The third-order valence-corrected chi connectivity index (χ3v) is 3.50. The number of hydrogen-bond acceptors (Lipinski definition) is 0. The van der Waals surface area contributed by atoms with Crippen LogP contribution in [0.2, 0.25) is 0 Å². The van der Waals surface area contributed by atoms with Crippen LogP contribution in [0, 0.1) is 17.8 Å². The van der Waals surface area contributed by atoms with E-state index < -0.39 is 0 Å². The Labute approximate surface area is 69.7 Å². The van der Waals surface area contributed by atoms with E-state index in [0.717, 1.165) is 17.8 Å². The quantitative estimate of drug-likeness (QED) is 0.503. The average molecular weight is 150 g/mol. The fraction of sp³-hybridized carbons (Fsp3) is 0.818. The number of allylic oxidation sites excluding steroid dienone is 2. The zero-order valence-corrected chi connectivity index (χ0v) is 7.64. The summed E-state index contributed by atoms with van der Waals surface area (Å²) in [6, 6.07) is 0. The van der Waals surface area contributed by atoms with Crippen molar-refractivity contribution in [1.29, 1.82) is 0 Å². The third kappa shape index (κ3) is 1.36. The average Bonchev–Trinajstić information content (AvgIpc) is 2.68. The van der Waals surface area contributed by atoms with Gasteiger partial charge in [0.2, 0.25) is 0 Å². The van der Waals surface area contributed by atoms with Crippen LogP contribution in [0.25, 0.3) is 0 Å². The predicted molar refractivity (Wildman–Crippen MR) is 48.4 cm³/mol. The standard InChI is InChI=1S/C11H18/c1-8-5-3-4-6-10(8)11-7-9(11)2/h7-8,10-11H,3-6H2,1-2H3/t8-,10+,11+/m1/s1. The Hall–Kier alpha value is -0.260. The van der Waals surface area contributed by atoms with Crippen LogP contribution in [-0.2, 0) is 0 Å². The Balaban J connectivity index is 1.91. The van der Waals surface area contributed by atoms with E-state index in [2.05, 4.69) is 19.9 Å². The molecule has 0 radical (unpaired) electrons. The summed E-state index contributed by atoms with van der Waals surface area (Å²) in [4.78, 5) is 0. The summed E-state index contributed by atoms with van der Waals surface area (Å²) in [5, 5.41) is 0. The molecule has 0 saturated heterocycles. The molecule has 0 bridgehead atoms. The topological polar surface area (TPSA) is 0 Å². The molecule has 62 valence electrons. The molecule has 3 atom stereocenters. The van der Waals surface area contributed by atoms with Crippen LogP contribution in [-0.4, -0.2) is 0 Å². The van der Waals surface area contributed by atoms with Crippen molar-refractivity contribution in [3.63, 3.8) is 0 Å². The van der Waals surface area contributed by atoms with Gasteiger partial charge in [0.15, 0.2) is 0 Å². The van der Waals surface area contributed by atoms with E-state index in [-0.39, 0.29) is 0 Å². The van der Waals surface area contributed by atoms with Gasteiger partial charge in [-0.25, -0.2) is 0 Å². The smallest absolute Gasteiger partial charge is 0.000780 e. The van der Waals surface area contributed by atoms with Crippen molar-refractivity contribution < 1.29 is 0 Å². The Bertz CT molecular complexity index is 176. The molecule has 0 heteroatoms. The highest BCUT2D eigenvalue weighted by molar-refractivity contribution is 5.28. The summed E-state index contributed by atoms with van der Waals surface area (Å²) >= 11 is 0. The van der Waals surface area contributed by atoms with Crippen LogP contribution >= 0.6 is 0 Å². The van der Waals surface area contributed by atoms with Crippen molar-refractivity contribution in [3.05, 3.63) is 11.6 Å². The van der Waals surface area contributed by atoms with E-state index >= 15 is 0 Å². The molecule has 0 nitrogen and oxygen atoms in total. The minimum atomic E-state index is 0.922. The lowest BCUT2D eigenvalue weighted by Gasteiger charge is -2.29. The maximum Gasteiger partial charge on any atom is 0.000780 e. The first-order chi connectivity index (χ1) is 5.29. The minimum absolute atomic E-state index is 0.922. The Morgan fingerprint density at radius 1 is 1.27 bits per heavy atom. The number of hydrogen-bond donors (Lipinski definition) is 0. The van der Waals surface area contributed by atoms with E-state index in [1.165, 1.54) is 25.7 Å². The van der Waals surface area contributed by atoms with E-state index in [0.29, 0.717) is 0 Å². The van der Waals surface area contributed by atoms with Gasteiger partial charge in [-0.05, 0) is 25.2 Å². The Morgan fingerprint density at radius 3 is 2.45 bits per heavy atom. The van der Waals surface area contributed by atoms with Crippen LogP contribution in [0.1, 0.15) is 39.5 Å². The number of rotatable bonds is 1. The normalized spacial score (nSPS) is 43.5. The second-order valence-corrected chi connectivity index (χ2v) is 4.36. The first-order valence-corrected chi connectivity index (χ1v) is 4.97. The molecule has 2 aliphatic rings. The summed E-state index contributed by atoms with van der Waals surface area (Å²) in [6.07, 6.45) is 8.37. The van der Waals surface area contributed by atoms with E-state index in [4.69, 9.17) is 0 Å². The second-order valence-electron chi connectivity index (χ2n) is 4.36. The largest absolute Gasteiger partial charge is 0.0775 e. The molecule has 0 N–H and O–H groups in total. The van der Waals surface area contributed by atoms with Crippen LogP contribution in [0.15, 0.2) is 11.6 Å². The van der Waals surface area contributed by atoms with E-state index in [1.807, 2.05) is 0 Å². The van der Waals surface area contributed by atoms with Gasteiger partial charge in [-0.1, -0.05) is 37.8 Å². The van der Waals surface area contributed by atoms with Crippen molar-refractivity contribution in [2.75, 3.05) is 0 Å². The van der Waals surface area contributed by atoms with Gasteiger partial charge in [-0.3, -0.25) is 0 Å². The van der Waals surface area contributed by atoms with Gasteiger partial charge >= 0.3 is 0 Å². The Kier molecular flexibility index (Phi) is 1.78. The molecule has 0 spiro atoms. The summed E-state index contributed by atoms with van der Waals surface area (Å²) in [7, 11) is 0. The molecule has 2 rings (SSSR count). The van der Waals surface area contributed by atoms with Gasteiger partial charge in [0, 0.05) is 5.92 Å². The van der Waals surface area contributed by atoms with E-state index in [1.54, 1.807) is 5.57 Å². The van der Waals surface area contributed by atoms with Crippen LogP contribution in [0.4, 0.5) is 0 Å². The molecular weight excluding hydrogens is 132 g/mol. The maximum absolute atomic E-state index is 2.45. The van der Waals surface area contributed by atoms with Crippen LogP contribution < -0.4 is 0 Å². The highest BCUT2D eigenvalue weighted by Crippen LogP contribution is 2.45. The molecule has 1 saturated carbocycles. The summed E-state index contributed by atoms with van der Waals surface area (Å²) in [6.45, 7) is 4.72. The zero-order chi connectivity index (χ0) is 7.84. The molecule has 1 fully saturated rings. The predicted octanol–water partition coefficient (Wildman–Crippen LogP) is 3.39. The fourth-order valence-electron chi connectivity index (χ4n) is 2.57. The van der Waals surface area contributed by atoms with Gasteiger partial charge in [-0.15, -0.1) is 0 Å². The molecule has 0 aromatic rings. The van der Waals surface area contributed by atoms with Crippen molar-refractivity contribution in [3.8, 4) is 0 Å². The zero-order valence-electron chi connectivity index (χ0n) is 7.64. The lowest BCUT2D eigenvalue weighted by Crippen LogP contribution is -2.19. The monoisotopic (exact) mass is 150 g/mol.